The van der Waals surface area contributed by atoms with Crippen molar-refractivity contribution in [2.24, 2.45) is 10.8 Å². The molecule has 0 aromatic heterocycles. The Bertz CT molecular complexity index is 1520. The number of methoxy groups -OCH3 is 2. The molecule has 4 amide bonds. The Labute approximate surface area is 301 Å². The first-order chi connectivity index (χ1) is 24.6. The van der Waals surface area contributed by atoms with Crippen molar-refractivity contribution in [3.8, 4) is 0 Å². The van der Waals surface area contributed by atoms with Gasteiger partial charge >= 0.3 is 31.1 Å². The number of rotatable bonds is 17. The fourth-order valence-electron chi connectivity index (χ4n) is 4.24. The van der Waals surface area contributed by atoms with Gasteiger partial charge in [-0.2, -0.15) is 35.1 Å². The molecule has 0 saturated carbocycles. The van der Waals surface area contributed by atoms with Crippen molar-refractivity contribution in [1.29, 1.82) is 5.41 Å². The number of carbonyl (C=O) groups excluding carboxylic acids is 4. The van der Waals surface area contributed by atoms with Gasteiger partial charge in [0.25, 0.3) is 5.91 Å². The quantitative estimate of drug-likeness (QED) is 0.0534. The highest BCUT2D eigenvalue weighted by Crippen LogP contribution is 2.41. The summed E-state index contributed by atoms with van der Waals surface area (Å²) in [4.78, 5) is 49.8. The predicted octanol–water partition coefficient (Wildman–Crippen LogP) is 3.60. The van der Waals surface area contributed by atoms with Crippen LogP contribution in [0.5, 0.6) is 0 Å². The average Bonchev–Trinajstić information content (AvgIpc) is 3.04. The molecule has 0 radical (unpaired) electrons. The largest absolute Gasteiger partial charge is 0.453 e. The van der Waals surface area contributed by atoms with Crippen LogP contribution in [0.15, 0.2) is 24.4 Å². The van der Waals surface area contributed by atoms with E-state index in [0.717, 1.165) is 20.3 Å². The Kier molecular flexibility index (Phi) is 16.5. The standard InChI is InChI=1S/C30H39F10N7O7/c1-27(2,29(35,36)37)20(44-25(51)53-5)22(49)43-11-15(48)12-47(46-23(50)21(45-26(52)54-6)28(3,4)30(38,39)40)13-16-17(31)9-14(10-18(16)32)19(41)7-8-42-24(33)34/h7-10,15,20-21,24,41-42,48H,11-13H2,1-6H3,(H,43,49)(H,44,51)(H,45,52)(H,46,50)/b8-7-,41-19?/t15-,20?,21-/m1/s1. The van der Waals surface area contributed by atoms with Crippen LogP contribution in [0.3, 0.4) is 0 Å². The molecule has 0 fully saturated rings. The summed E-state index contributed by atoms with van der Waals surface area (Å²) in [6, 6.07) is -3.74. The molecule has 3 atom stereocenters. The first-order valence-electron chi connectivity index (χ1n) is 15.2. The molecule has 1 aromatic carbocycles. The molecule has 306 valence electrons. The van der Waals surface area contributed by atoms with Gasteiger partial charge in [0.05, 0.1) is 36.9 Å². The van der Waals surface area contributed by atoms with Gasteiger partial charge in [-0.1, -0.05) is 0 Å². The zero-order chi connectivity index (χ0) is 42.0. The number of halogens is 10. The minimum Gasteiger partial charge on any atom is -0.453 e. The lowest BCUT2D eigenvalue weighted by Gasteiger charge is -2.37. The molecule has 0 heterocycles. The third kappa shape index (κ3) is 12.9. The molecule has 1 unspecified atom stereocenters. The lowest BCUT2D eigenvalue weighted by atomic mass is 9.83. The molecule has 0 aliphatic carbocycles. The van der Waals surface area contributed by atoms with E-state index >= 15 is 8.78 Å². The molecule has 54 heavy (non-hydrogen) atoms. The second-order valence-corrected chi connectivity index (χ2v) is 12.5. The van der Waals surface area contributed by atoms with Crippen molar-refractivity contribution in [2.45, 2.75) is 71.3 Å². The topological polar surface area (TPSA) is 194 Å². The Morgan fingerprint density at radius 2 is 1.30 bits per heavy atom. The summed E-state index contributed by atoms with van der Waals surface area (Å²) in [7, 11) is 1.57. The molecule has 0 aliphatic rings. The van der Waals surface area contributed by atoms with E-state index in [0.29, 0.717) is 51.0 Å². The maximum Gasteiger partial charge on any atom is 0.407 e. The lowest BCUT2D eigenvalue weighted by Crippen LogP contribution is -2.62. The van der Waals surface area contributed by atoms with Crippen LogP contribution in [0, 0.1) is 27.9 Å². The van der Waals surface area contributed by atoms with Gasteiger partial charge in [-0.3, -0.25) is 15.0 Å². The molecule has 1 aromatic rings. The third-order valence-electron chi connectivity index (χ3n) is 7.81. The molecule has 14 nitrogen and oxygen atoms in total. The molecule has 1 rings (SSSR count). The number of allylic oxidation sites excluding steroid dienone is 1. The maximum absolute atomic E-state index is 15.2. The summed E-state index contributed by atoms with van der Waals surface area (Å²) in [6.45, 7) is -4.01. The number of hydrogen-bond donors (Lipinski definition) is 7. The Morgan fingerprint density at radius 3 is 1.70 bits per heavy atom. The van der Waals surface area contributed by atoms with E-state index in [9.17, 15) is 59.4 Å². The monoisotopic (exact) mass is 799 g/mol. The van der Waals surface area contributed by atoms with Gasteiger partial charge in [0.2, 0.25) is 5.91 Å². The van der Waals surface area contributed by atoms with Gasteiger partial charge in [0, 0.05) is 37.0 Å². The lowest BCUT2D eigenvalue weighted by molar-refractivity contribution is -0.221. The summed E-state index contributed by atoms with van der Waals surface area (Å²) in [5.74, 6) is -6.08. The van der Waals surface area contributed by atoms with Gasteiger partial charge in [-0.25, -0.2) is 23.4 Å². The normalized spacial score (nSPS) is 14.3. The smallest absolute Gasteiger partial charge is 0.407 e. The molecule has 0 saturated heterocycles. The van der Waals surface area contributed by atoms with Gasteiger partial charge in [0.1, 0.15) is 23.7 Å². The van der Waals surface area contributed by atoms with Crippen molar-refractivity contribution in [2.75, 3.05) is 27.3 Å². The number of hydrazine groups is 1. The number of carbonyl (C=O) groups is 4. The minimum absolute atomic E-state index is 0.445. The number of amides is 4. The zero-order valence-corrected chi connectivity index (χ0v) is 29.4. The Hall–Kier alpha value is -4.87. The van der Waals surface area contributed by atoms with E-state index in [1.165, 1.54) is 5.32 Å². The fourth-order valence-corrected chi connectivity index (χ4v) is 4.24. The molecular formula is C30H39F10N7O7. The SMILES string of the molecule is COC(=O)NC(C(=O)NC[C@@H](O)CN(Cc1c(F)cc(C(=N)/C=C\NC(F)F)cc1F)NC(=O)[C@@H](NC(=O)OC)C(C)(C)C(F)(F)F)C(C)(C)C(F)(F)F. The maximum atomic E-state index is 15.2. The van der Waals surface area contributed by atoms with Crippen LogP contribution in [0.2, 0.25) is 0 Å². The van der Waals surface area contributed by atoms with Crippen LogP contribution >= 0.6 is 0 Å². The van der Waals surface area contributed by atoms with Crippen LogP contribution in [0.4, 0.5) is 53.5 Å². The number of aliphatic hydroxyl groups is 1. The van der Waals surface area contributed by atoms with Crippen LogP contribution in [0.25, 0.3) is 0 Å². The van der Waals surface area contributed by atoms with Gasteiger partial charge in [-0.05, 0) is 45.9 Å². The number of hydrogen-bond acceptors (Lipinski definition) is 10. The first kappa shape index (κ1) is 47.2. The highest BCUT2D eigenvalue weighted by atomic mass is 19.4. The molecule has 7 N–H and O–H groups in total. The number of nitrogens with zero attached hydrogens (tertiary/aromatic N) is 1. The Balaban J connectivity index is 3.55. The van der Waals surface area contributed by atoms with Crippen LogP contribution in [-0.2, 0) is 25.6 Å². The van der Waals surface area contributed by atoms with E-state index in [4.69, 9.17) is 5.41 Å². The zero-order valence-electron chi connectivity index (χ0n) is 29.4. The summed E-state index contributed by atoms with van der Waals surface area (Å²) >= 11 is 0. The van der Waals surface area contributed by atoms with Gasteiger partial charge in [-0.15, -0.1) is 0 Å². The van der Waals surface area contributed by atoms with E-state index in [1.807, 2.05) is 10.7 Å². The van der Waals surface area contributed by atoms with Crippen molar-refractivity contribution in [1.82, 2.24) is 31.7 Å². The molecule has 0 bridgehead atoms. The predicted molar refractivity (Wildman–Crippen MR) is 167 cm³/mol. The van der Waals surface area contributed by atoms with E-state index in [-0.39, 0.29) is 0 Å². The molecule has 24 heteroatoms. The van der Waals surface area contributed by atoms with E-state index in [2.05, 4.69) is 9.47 Å². The first-order valence-corrected chi connectivity index (χ1v) is 15.2. The second kappa shape index (κ2) is 18.9. The van der Waals surface area contributed by atoms with Crippen molar-refractivity contribution in [3.63, 3.8) is 0 Å². The molecular weight excluding hydrogens is 760 g/mol. The van der Waals surface area contributed by atoms with Crippen LogP contribution in [0.1, 0.15) is 38.8 Å². The van der Waals surface area contributed by atoms with Crippen molar-refractivity contribution >= 4 is 29.7 Å². The highest BCUT2D eigenvalue weighted by molar-refractivity contribution is 6.06. The van der Waals surface area contributed by atoms with Crippen molar-refractivity contribution < 1.29 is 77.7 Å². The molecule has 0 aliphatic heterocycles. The number of ether oxygens (including phenoxy) is 2. The van der Waals surface area contributed by atoms with E-state index in [1.54, 1.807) is 10.6 Å². The van der Waals surface area contributed by atoms with Gasteiger partial charge in [0.15, 0.2) is 0 Å². The number of aliphatic hydroxyl groups excluding tert-OH is 1. The molecule has 0 spiro atoms. The number of nitrogens with one attached hydrogen (secondary N) is 6. The summed E-state index contributed by atoms with van der Waals surface area (Å²) < 4.78 is 147. The summed E-state index contributed by atoms with van der Waals surface area (Å²) in [5, 5.41) is 25.9. The fraction of sp³-hybridized carbons (Fsp3) is 0.567. The number of alkyl halides is 8. The van der Waals surface area contributed by atoms with Gasteiger partial charge < -0.3 is 41.3 Å². The van der Waals surface area contributed by atoms with E-state index < -0.39 is 120 Å². The third-order valence-corrected chi connectivity index (χ3v) is 7.81. The highest BCUT2D eigenvalue weighted by Gasteiger charge is 2.57. The summed E-state index contributed by atoms with van der Waals surface area (Å²) in [5.41, 5.74) is -6.19. The van der Waals surface area contributed by atoms with Crippen LogP contribution in [-0.4, -0.2) is 104 Å². The number of benzene rings is 1. The second-order valence-electron chi connectivity index (χ2n) is 12.5. The Morgan fingerprint density at radius 1 is 0.852 bits per heavy atom. The summed E-state index contributed by atoms with van der Waals surface area (Å²) in [6.07, 6.45) is -13.9. The minimum atomic E-state index is -5.18. The number of alkyl carbamates (subject to hydrolysis) is 2. The average molecular weight is 800 g/mol. The van der Waals surface area contributed by atoms with Crippen molar-refractivity contribution in [3.05, 3.63) is 47.2 Å². The van der Waals surface area contributed by atoms with Crippen LogP contribution < -0.4 is 26.7 Å².